The predicted molar refractivity (Wildman–Crippen MR) is 134 cm³/mol. The van der Waals surface area contributed by atoms with E-state index in [0.29, 0.717) is 6.54 Å². The fraction of sp³-hybridized carbons (Fsp3) is 0.571. The van der Waals surface area contributed by atoms with Crippen molar-refractivity contribution in [2.24, 2.45) is 4.99 Å². The lowest BCUT2D eigenvalue weighted by molar-refractivity contribution is 0.726. The number of rotatable bonds is 7. The lowest BCUT2D eigenvalue weighted by Crippen LogP contribution is -2.38. The van der Waals surface area contributed by atoms with Crippen molar-refractivity contribution in [1.82, 2.24) is 20.6 Å². The van der Waals surface area contributed by atoms with E-state index in [9.17, 15) is 0 Å². The van der Waals surface area contributed by atoms with Crippen LogP contribution in [0.25, 0.3) is 0 Å². The van der Waals surface area contributed by atoms with Crippen LogP contribution in [0.5, 0.6) is 0 Å². The van der Waals surface area contributed by atoms with Crippen molar-refractivity contribution in [2.75, 3.05) is 31.1 Å². The Labute approximate surface area is 195 Å². The minimum absolute atomic E-state index is 0. The maximum absolute atomic E-state index is 4.76. The van der Waals surface area contributed by atoms with E-state index in [0.717, 1.165) is 49.4 Å². The van der Waals surface area contributed by atoms with E-state index < -0.39 is 0 Å². The normalized spacial score (nSPS) is 14.8. The van der Waals surface area contributed by atoms with Crippen LogP contribution in [-0.4, -0.2) is 42.1 Å². The van der Waals surface area contributed by atoms with Crippen LogP contribution in [0, 0.1) is 6.92 Å². The first kappa shape index (κ1) is 23.9. The van der Waals surface area contributed by atoms with Crippen LogP contribution in [0.4, 0.5) is 5.82 Å². The molecule has 1 fully saturated rings. The van der Waals surface area contributed by atoms with E-state index in [-0.39, 0.29) is 24.0 Å². The Bertz CT molecular complexity index is 755. The van der Waals surface area contributed by atoms with Crippen LogP contribution in [0.3, 0.4) is 0 Å². The smallest absolute Gasteiger partial charge is 0.191 e. The SMILES string of the molecule is CCNC(=NCc1ccnc(N2CCCCCC2)c1)NCCc1ncc(C)s1.I. The molecule has 2 aromatic heterocycles. The fourth-order valence-electron chi connectivity index (χ4n) is 3.35. The number of aromatic nitrogens is 2. The van der Waals surface area contributed by atoms with Crippen LogP contribution in [-0.2, 0) is 13.0 Å². The molecule has 0 amide bonds. The number of hydrogen-bond donors (Lipinski definition) is 2. The number of anilines is 1. The number of guanidine groups is 1. The van der Waals surface area contributed by atoms with Gasteiger partial charge in [-0.25, -0.2) is 15.0 Å². The van der Waals surface area contributed by atoms with Gasteiger partial charge in [-0.3, -0.25) is 0 Å². The van der Waals surface area contributed by atoms with Crippen LogP contribution in [0.2, 0.25) is 0 Å². The Morgan fingerprint density at radius 3 is 2.66 bits per heavy atom. The largest absolute Gasteiger partial charge is 0.357 e. The molecule has 0 atom stereocenters. The summed E-state index contributed by atoms with van der Waals surface area (Å²) in [7, 11) is 0. The highest BCUT2D eigenvalue weighted by atomic mass is 127. The molecule has 2 aromatic rings. The minimum atomic E-state index is 0. The van der Waals surface area contributed by atoms with Gasteiger partial charge in [-0.15, -0.1) is 35.3 Å². The molecule has 0 spiro atoms. The van der Waals surface area contributed by atoms with Crippen LogP contribution in [0.15, 0.2) is 29.5 Å². The molecule has 6 nitrogen and oxygen atoms in total. The summed E-state index contributed by atoms with van der Waals surface area (Å²) in [5.74, 6) is 1.94. The highest BCUT2D eigenvalue weighted by Gasteiger charge is 2.11. The molecular formula is C21H33IN6S. The maximum Gasteiger partial charge on any atom is 0.191 e. The molecule has 160 valence electrons. The predicted octanol–water partition coefficient (Wildman–Crippen LogP) is 4.14. The Kier molecular flexibility index (Phi) is 10.7. The molecule has 3 heterocycles. The Hall–Kier alpha value is -1.42. The van der Waals surface area contributed by atoms with Crippen LogP contribution in [0.1, 0.15) is 48.1 Å². The molecule has 1 aliphatic heterocycles. The first-order valence-electron chi connectivity index (χ1n) is 10.4. The fourth-order valence-corrected chi connectivity index (χ4v) is 4.14. The molecule has 1 saturated heterocycles. The molecule has 3 rings (SSSR count). The molecule has 0 aliphatic carbocycles. The summed E-state index contributed by atoms with van der Waals surface area (Å²) in [6, 6.07) is 4.25. The topological polar surface area (TPSA) is 65.4 Å². The number of pyridine rings is 1. The number of nitrogens with one attached hydrogen (secondary N) is 2. The summed E-state index contributed by atoms with van der Waals surface area (Å²) in [6.45, 7) is 8.72. The van der Waals surface area contributed by atoms with E-state index >= 15 is 0 Å². The van der Waals surface area contributed by atoms with Gasteiger partial charge in [0.25, 0.3) is 0 Å². The third kappa shape index (κ3) is 8.08. The van der Waals surface area contributed by atoms with E-state index in [1.165, 1.54) is 36.1 Å². The number of thiazole rings is 1. The molecule has 0 saturated carbocycles. The maximum atomic E-state index is 4.76. The number of nitrogens with zero attached hydrogens (tertiary/aromatic N) is 4. The first-order valence-corrected chi connectivity index (χ1v) is 11.2. The Morgan fingerprint density at radius 2 is 1.97 bits per heavy atom. The standard InChI is InChI=1S/C21H32N6S.HI/c1-3-22-21(24-11-9-20-25-15-17(2)28-20)26-16-18-8-10-23-19(14-18)27-12-6-4-5-7-13-27;/h8,10,14-15H,3-7,9,11-13,16H2,1-2H3,(H2,22,24,26);1H. The van der Waals surface area contributed by atoms with Gasteiger partial charge in [0.05, 0.1) is 11.6 Å². The number of hydrogen-bond acceptors (Lipinski definition) is 5. The lowest BCUT2D eigenvalue weighted by Gasteiger charge is -2.21. The zero-order chi connectivity index (χ0) is 19.6. The number of halogens is 1. The summed E-state index contributed by atoms with van der Waals surface area (Å²) >= 11 is 1.76. The van der Waals surface area contributed by atoms with Crippen molar-refractivity contribution in [3.05, 3.63) is 40.0 Å². The molecular weight excluding hydrogens is 495 g/mol. The van der Waals surface area contributed by atoms with Gasteiger partial charge in [0.1, 0.15) is 5.82 Å². The van der Waals surface area contributed by atoms with E-state index in [1.54, 1.807) is 11.3 Å². The van der Waals surface area contributed by atoms with Gasteiger partial charge in [-0.2, -0.15) is 0 Å². The van der Waals surface area contributed by atoms with Crippen LogP contribution >= 0.6 is 35.3 Å². The van der Waals surface area contributed by atoms with Gasteiger partial charge in [0.15, 0.2) is 5.96 Å². The average molecular weight is 529 g/mol. The second kappa shape index (κ2) is 13.0. The number of aryl methyl sites for hydroxylation is 1. The molecule has 0 unspecified atom stereocenters. The molecule has 0 aromatic carbocycles. The summed E-state index contributed by atoms with van der Waals surface area (Å²) < 4.78 is 0. The molecule has 1 aliphatic rings. The monoisotopic (exact) mass is 528 g/mol. The Morgan fingerprint density at radius 1 is 1.17 bits per heavy atom. The van der Waals surface area contributed by atoms with Gasteiger partial charge in [-0.05, 0) is 44.4 Å². The van der Waals surface area contributed by atoms with Crippen molar-refractivity contribution in [1.29, 1.82) is 0 Å². The molecule has 0 radical (unpaired) electrons. The molecule has 2 N–H and O–H groups in total. The summed E-state index contributed by atoms with van der Waals surface area (Å²) in [4.78, 5) is 17.4. The second-order valence-electron chi connectivity index (χ2n) is 7.16. The number of aliphatic imine (C=N–C) groups is 1. The van der Waals surface area contributed by atoms with E-state index in [1.807, 2.05) is 12.4 Å². The molecule has 8 heteroatoms. The van der Waals surface area contributed by atoms with Gasteiger partial charge < -0.3 is 15.5 Å². The molecule has 29 heavy (non-hydrogen) atoms. The summed E-state index contributed by atoms with van der Waals surface area (Å²) in [5.41, 5.74) is 1.20. The zero-order valence-corrected chi connectivity index (χ0v) is 20.6. The van der Waals surface area contributed by atoms with E-state index in [2.05, 4.69) is 51.5 Å². The van der Waals surface area contributed by atoms with E-state index in [4.69, 9.17) is 4.99 Å². The van der Waals surface area contributed by atoms with Gasteiger partial charge in [0.2, 0.25) is 0 Å². The second-order valence-corrected chi connectivity index (χ2v) is 8.48. The highest BCUT2D eigenvalue weighted by molar-refractivity contribution is 14.0. The van der Waals surface area contributed by atoms with Crippen molar-refractivity contribution in [3.63, 3.8) is 0 Å². The molecule has 0 bridgehead atoms. The van der Waals surface area contributed by atoms with Crippen LogP contribution < -0.4 is 15.5 Å². The zero-order valence-electron chi connectivity index (χ0n) is 17.5. The highest BCUT2D eigenvalue weighted by Crippen LogP contribution is 2.18. The third-order valence-corrected chi connectivity index (χ3v) is 5.78. The van der Waals surface area contributed by atoms with Crippen molar-refractivity contribution in [2.45, 2.75) is 52.5 Å². The summed E-state index contributed by atoms with van der Waals surface area (Å²) in [6.07, 6.45) is 9.95. The van der Waals surface area contributed by atoms with Crippen molar-refractivity contribution in [3.8, 4) is 0 Å². The quantitative estimate of drug-likeness (QED) is 0.321. The van der Waals surface area contributed by atoms with Gasteiger partial charge in [-0.1, -0.05) is 12.8 Å². The van der Waals surface area contributed by atoms with Crippen molar-refractivity contribution >= 4 is 47.1 Å². The average Bonchev–Trinajstić information content (AvgIpc) is 2.95. The van der Waals surface area contributed by atoms with Gasteiger partial charge >= 0.3 is 0 Å². The Balaban J connectivity index is 0.00000300. The third-order valence-electron chi connectivity index (χ3n) is 4.80. The summed E-state index contributed by atoms with van der Waals surface area (Å²) in [5, 5.41) is 7.90. The minimum Gasteiger partial charge on any atom is -0.357 e. The lowest BCUT2D eigenvalue weighted by atomic mass is 10.2. The first-order chi connectivity index (χ1) is 13.7. The van der Waals surface area contributed by atoms with Gasteiger partial charge in [0, 0.05) is 49.9 Å². The van der Waals surface area contributed by atoms with Crippen molar-refractivity contribution < 1.29 is 0 Å².